The highest BCUT2D eigenvalue weighted by molar-refractivity contribution is 7.13. The lowest BCUT2D eigenvalue weighted by molar-refractivity contribution is 0.101. The van der Waals surface area contributed by atoms with Gasteiger partial charge >= 0.3 is 0 Å². The number of thiophene rings is 1. The van der Waals surface area contributed by atoms with Crippen LogP contribution >= 0.6 is 11.3 Å². The van der Waals surface area contributed by atoms with Crippen LogP contribution in [0.3, 0.4) is 0 Å². The van der Waals surface area contributed by atoms with Crippen molar-refractivity contribution in [3.05, 3.63) is 45.6 Å². The van der Waals surface area contributed by atoms with E-state index < -0.39 is 0 Å². The van der Waals surface area contributed by atoms with Gasteiger partial charge in [0.15, 0.2) is 5.78 Å². The average Bonchev–Trinajstić information content (AvgIpc) is 2.69. The van der Waals surface area contributed by atoms with E-state index in [4.69, 9.17) is 0 Å². The summed E-state index contributed by atoms with van der Waals surface area (Å²) in [7, 11) is 0. The number of Topliss-reactive ketones (excluding diaryl/α,β-unsaturated/α-hetero) is 1. The van der Waals surface area contributed by atoms with Crippen LogP contribution < -0.4 is 5.56 Å². The van der Waals surface area contributed by atoms with E-state index in [0.717, 1.165) is 10.6 Å². The molecule has 0 aliphatic rings. The third-order valence-corrected chi connectivity index (χ3v) is 2.98. The van der Waals surface area contributed by atoms with Gasteiger partial charge in [0.2, 0.25) is 0 Å². The molecule has 3 nitrogen and oxygen atoms in total. The number of rotatable bonds is 2. The summed E-state index contributed by atoms with van der Waals surface area (Å²) in [6.45, 7) is 1.38. The Morgan fingerprint density at radius 2 is 2.13 bits per heavy atom. The number of ketones is 1. The number of hydrogen-bond acceptors (Lipinski definition) is 3. The fourth-order valence-corrected chi connectivity index (χ4v) is 2.03. The highest BCUT2D eigenvalue weighted by Gasteiger charge is 2.06. The molecule has 4 heteroatoms. The van der Waals surface area contributed by atoms with E-state index in [2.05, 4.69) is 4.98 Å². The Morgan fingerprint density at radius 1 is 1.33 bits per heavy atom. The normalized spacial score (nSPS) is 10.2. The molecule has 2 rings (SSSR count). The molecule has 2 aromatic heterocycles. The van der Waals surface area contributed by atoms with Crippen molar-refractivity contribution < 1.29 is 4.79 Å². The molecular weight excluding hydrogens is 210 g/mol. The molecule has 0 atom stereocenters. The van der Waals surface area contributed by atoms with Crippen LogP contribution in [0.5, 0.6) is 0 Å². The van der Waals surface area contributed by atoms with E-state index in [0.29, 0.717) is 0 Å². The molecule has 15 heavy (non-hydrogen) atoms. The average molecular weight is 219 g/mol. The van der Waals surface area contributed by atoms with Crippen LogP contribution in [0.25, 0.3) is 10.6 Å². The Morgan fingerprint density at radius 3 is 2.67 bits per heavy atom. The number of pyridine rings is 1. The van der Waals surface area contributed by atoms with Crippen LogP contribution in [0.2, 0.25) is 0 Å². The van der Waals surface area contributed by atoms with Crippen molar-refractivity contribution in [2.45, 2.75) is 6.92 Å². The monoisotopic (exact) mass is 219 g/mol. The van der Waals surface area contributed by atoms with Crippen molar-refractivity contribution in [2.75, 3.05) is 0 Å². The van der Waals surface area contributed by atoms with Crippen LogP contribution in [0.4, 0.5) is 0 Å². The summed E-state index contributed by atoms with van der Waals surface area (Å²) in [4.78, 5) is 26.2. The zero-order valence-electron chi connectivity index (χ0n) is 8.11. The quantitative estimate of drug-likeness (QED) is 0.788. The van der Waals surface area contributed by atoms with Gasteiger partial charge in [0.25, 0.3) is 5.56 Å². The minimum atomic E-state index is -0.326. The Bertz CT molecular complexity index is 540. The van der Waals surface area contributed by atoms with Crippen LogP contribution in [0.15, 0.2) is 34.4 Å². The molecule has 0 amide bonds. The summed E-state index contributed by atoms with van der Waals surface area (Å²) in [6.07, 6.45) is 0. The zero-order chi connectivity index (χ0) is 10.8. The molecule has 0 aromatic carbocycles. The van der Waals surface area contributed by atoms with Crippen LogP contribution in [-0.4, -0.2) is 10.8 Å². The number of aromatic amines is 1. The van der Waals surface area contributed by atoms with Gasteiger partial charge in [-0.05, 0) is 30.5 Å². The minimum Gasteiger partial charge on any atom is -0.321 e. The second-order valence-corrected chi connectivity index (χ2v) is 4.10. The van der Waals surface area contributed by atoms with Gasteiger partial charge in [-0.15, -0.1) is 11.3 Å². The Kier molecular flexibility index (Phi) is 2.51. The van der Waals surface area contributed by atoms with Gasteiger partial charge < -0.3 is 4.98 Å². The summed E-state index contributed by atoms with van der Waals surface area (Å²) in [5.41, 5.74) is 0.628. The molecule has 76 valence electrons. The maximum atomic E-state index is 11.5. The number of nitrogens with one attached hydrogen (secondary N) is 1. The summed E-state index contributed by atoms with van der Waals surface area (Å²) < 4.78 is 0. The van der Waals surface area contributed by atoms with Crippen molar-refractivity contribution in [2.24, 2.45) is 0 Å². The zero-order valence-corrected chi connectivity index (χ0v) is 8.93. The summed E-state index contributed by atoms with van der Waals surface area (Å²) in [5.74, 6) is -0.214. The highest BCUT2D eigenvalue weighted by atomic mass is 32.1. The minimum absolute atomic E-state index is 0.204. The lowest BCUT2D eigenvalue weighted by Gasteiger charge is -1.98. The maximum Gasteiger partial charge on any atom is 0.259 e. The van der Waals surface area contributed by atoms with E-state index in [1.807, 2.05) is 17.5 Å². The highest BCUT2D eigenvalue weighted by Crippen LogP contribution is 2.21. The van der Waals surface area contributed by atoms with Gasteiger partial charge in [-0.3, -0.25) is 9.59 Å². The lowest BCUT2D eigenvalue weighted by Crippen LogP contribution is -2.15. The number of hydrogen-bond donors (Lipinski definition) is 1. The first-order valence-corrected chi connectivity index (χ1v) is 5.34. The molecule has 2 heterocycles. The fourth-order valence-electron chi connectivity index (χ4n) is 1.33. The first-order chi connectivity index (χ1) is 7.18. The summed E-state index contributed by atoms with van der Waals surface area (Å²) >= 11 is 1.54. The molecule has 0 aliphatic carbocycles. The third-order valence-electron chi connectivity index (χ3n) is 2.08. The molecule has 0 saturated heterocycles. The van der Waals surface area contributed by atoms with Gasteiger partial charge in [-0.2, -0.15) is 0 Å². The number of aromatic nitrogens is 1. The predicted molar refractivity (Wildman–Crippen MR) is 60.4 cm³/mol. The molecular formula is C11H9NO2S. The van der Waals surface area contributed by atoms with Crippen molar-refractivity contribution in [1.82, 2.24) is 4.98 Å². The van der Waals surface area contributed by atoms with Gasteiger partial charge in [0, 0.05) is 0 Å². The molecule has 0 radical (unpaired) electrons. The molecule has 0 spiro atoms. The second-order valence-electron chi connectivity index (χ2n) is 3.15. The van der Waals surface area contributed by atoms with Crippen LogP contribution in [0.1, 0.15) is 17.3 Å². The maximum absolute atomic E-state index is 11.5. The Balaban J connectivity index is 2.52. The van der Waals surface area contributed by atoms with Gasteiger partial charge in [-0.25, -0.2) is 0 Å². The van der Waals surface area contributed by atoms with Crippen molar-refractivity contribution >= 4 is 17.1 Å². The standard InChI is InChI=1S/C11H9NO2S/c1-7(13)8-4-5-9(12-11(8)14)10-3-2-6-15-10/h2-6H,1H3,(H,12,14). The van der Waals surface area contributed by atoms with Gasteiger partial charge in [0.1, 0.15) is 0 Å². The van der Waals surface area contributed by atoms with E-state index in [1.165, 1.54) is 6.92 Å². The topological polar surface area (TPSA) is 49.9 Å². The number of carbonyl (C=O) groups excluding carboxylic acids is 1. The summed E-state index contributed by atoms with van der Waals surface area (Å²) in [6, 6.07) is 7.15. The molecule has 0 bridgehead atoms. The molecule has 1 N–H and O–H groups in total. The largest absolute Gasteiger partial charge is 0.321 e. The van der Waals surface area contributed by atoms with Gasteiger partial charge in [0.05, 0.1) is 16.1 Å². The predicted octanol–water partition coefficient (Wildman–Crippen LogP) is 2.31. The Labute approximate surface area is 90.4 Å². The Hall–Kier alpha value is -1.68. The molecule has 0 aliphatic heterocycles. The molecule has 2 aromatic rings. The van der Waals surface area contributed by atoms with E-state index >= 15 is 0 Å². The van der Waals surface area contributed by atoms with Crippen molar-refractivity contribution in [3.8, 4) is 10.6 Å². The smallest absolute Gasteiger partial charge is 0.259 e. The van der Waals surface area contributed by atoms with Crippen LogP contribution in [-0.2, 0) is 0 Å². The fraction of sp³-hybridized carbons (Fsp3) is 0.0909. The van der Waals surface area contributed by atoms with E-state index in [-0.39, 0.29) is 16.9 Å². The van der Waals surface area contributed by atoms with E-state index in [9.17, 15) is 9.59 Å². The number of carbonyl (C=O) groups is 1. The number of H-pyrrole nitrogens is 1. The molecule has 0 saturated carbocycles. The molecule has 0 fully saturated rings. The van der Waals surface area contributed by atoms with Gasteiger partial charge in [-0.1, -0.05) is 6.07 Å². The van der Waals surface area contributed by atoms with Crippen molar-refractivity contribution in [3.63, 3.8) is 0 Å². The van der Waals surface area contributed by atoms with Crippen molar-refractivity contribution in [1.29, 1.82) is 0 Å². The lowest BCUT2D eigenvalue weighted by atomic mass is 10.2. The first-order valence-electron chi connectivity index (χ1n) is 4.46. The molecule has 0 unspecified atom stereocenters. The second kappa shape index (κ2) is 3.82. The SMILES string of the molecule is CC(=O)c1ccc(-c2cccs2)[nH]c1=O. The first kappa shape index (κ1) is 9.86. The van der Waals surface area contributed by atoms with Crippen LogP contribution in [0, 0.1) is 0 Å². The third kappa shape index (κ3) is 1.89. The van der Waals surface area contributed by atoms with E-state index in [1.54, 1.807) is 23.5 Å². The summed E-state index contributed by atoms with van der Waals surface area (Å²) in [5, 5.41) is 1.94.